The highest BCUT2D eigenvalue weighted by molar-refractivity contribution is 6.41. The number of benzene rings is 1. The zero-order valence-electron chi connectivity index (χ0n) is 11.0. The zero-order chi connectivity index (χ0) is 13.3. The predicted octanol–water partition coefficient (Wildman–Crippen LogP) is 1.45. The minimum absolute atomic E-state index is 0.0851. The van der Waals surface area contributed by atoms with E-state index in [0.29, 0.717) is 13.1 Å². The molecule has 1 aromatic rings. The summed E-state index contributed by atoms with van der Waals surface area (Å²) in [6.45, 7) is 7.45. The molecule has 0 saturated carbocycles. The van der Waals surface area contributed by atoms with Crippen molar-refractivity contribution in [1.29, 1.82) is 0 Å². The predicted molar refractivity (Wildman–Crippen MR) is 70.5 cm³/mol. The van der Waals surface area contributed by atoms with Crippen LogP contribution in [0.25, 0.3) is 0 Å². The molecule has 0 radical (unpaired) electrons. The Hall–Kier alpha value is -1.84. The van der Waals surface area contributed by atoms with Crippen molar-refractivity contribution >= 4 is 17.5 Å². The maximum Gasteiger partial charge on any atom is 0.316 e. The van der Waals surface area contributed by atoms with Crippen LogP contribution in [-0.4, -0.2) is 24.9 Å². The number of hydrogen-bond donors (Lipinski definition) is 1. The van der Waals surface area contributed by atoms with Crippen LogP contribution in [0, 0.1) is 0 Å². The minimum Gasteiger partial charge on any atom is -0.346 e. The lowest BCUT2D eigenvalue weighted by atomic mass is 9.87. The first kappa shape index (κ1) is 12.6. The van der Waals surface area contributed by atoms with E-state index >= 15 is 0 Å². The smallest absolute Gasteiger partial charge is 0.316 e. The van der Waals surface area contributed by atoms with Crippen molar-refractivity contribution in [2.24, 2.45) is 0 Å². The summed E-state index contributed by atoms with van der Waals surface area (Å²) in [6.07, 6.45) is 0. The average molecular weight is 246 g/mol. The van der Waals surface area contributed by atoms with Crippen LogP contribution in [0.2, 0.25) is 0 Å². The first-order chi connectivity index (χ1) is 8.39. The molecule has 96 valence electrons. The SMILES string of the molecule is CC(C)(C)c1ccc(N2CCNC(=O)C2=O)cc1. The normalized spacial score (nSPS) is 16.7. The molecule has 0 atom stereocenters. The lowest BCUT2D eigenvalue weighted by Gasteiger charge is -2.27. The fourth-order valence-electron chi connectivity index (χ4n) is 1.97. The molecule has 1 N–H and O–H groups in total. The largest absolute Gasteiger partial charge is 0.346 e. The Kier molecular flexibility index (Phi) is 3.11. The third-order valence-corrected chi connectivity index (χ3v) is 3.11. The Morgan fingerprint density at radius 3 is 2.28 bits per heavy atom. The van der Waals surface area contributed by atoms with Crippen LogP contribution in [0.5, 0.6) is 0 Å². The fraction of sp³-hybridized carbons (Fsp3) is 0.429. The molecule has 1 saturated heterocycles. The minimum atomic E-state index is -0.527. The summed E-state index contributed by atoms with van der Waals surface area (Å²) in [5.74, 6) is -1.01. The second kappa shape index (κ2) is 4.44. The van der Waals surface area contributed by atoms with Gasteiger partial charge in [-0.3, -0.25) is 9.59 Å². The van der Waals surface area contributed by atoms with Crippen molar-refractivity contribution < 1.29 is 9.59 Å². The molecule has 0 bridgehead atoms. The molecule has 18 heavy (non-hydrogen) atoms. The van der Waals surface area contributed by atoms with E-state index < -0.39 is 11.8 Å². The molecule has 1 heterocycles. The Bertz CT molecular complexity index is 472. The maximum absolute atomic E-state index is 11.7. The van der Waals surface area contributed by atoms with Crippen molar-refractivity contribution in [3.63, 3.8) is 0 Å². The standard InChI is InChI=1S/C14H18N2O2/c1-14(2,3)10-4-6-11(7-5-10)16-9-8-15-12(17)13(16)18/h4-7H,8-9H2,1-3H3,(H,15,17). The Labute approximate surface area is 107 Å². The van der Waals surface area contributed by atoms with Crippen LogP contribution in [0.3, 0.4) is 0 Å². The van der Waals surface area contributed by atoms with Crippen LogP contribution < -0.4 is 10.2 Å². The van der Waals surface area contributed by atoms with Gasteiger partial charge in [-0.05, 0) is 23.1 Å². The first-order valence-corrected chi connectivity index (χ1v) is 6.10. The number of anilines is 1. The van der Waals surface area contributed by atoms with Crippen molar-refractivity contribution in [2.45, 2.75) is 26.2 Å². The third kappa shape index (κ3) is 2.37. The number of carbonyl (C=O) groups excluding carboxylic acids is 2. The molecule has 1 aromatic carbocycles. The molecule has 1 aliphatic rings. The zero-order valence-corrected chi connectivity index (χ0v) is 11.0. The summed E-state index contributed by atoms with van der Waals surface area (Å²) in [5.41, 5.74) is 2.07. The molecule has 1 aliphatic heterocycles. The molecule has 0 unspecified atom stereocenters. The van der Waals surface area contributed by atoms with Gasteiger partial charge >= 0.3 is 11.8 Å². The van der Waals surface area contributed by atoms with E-state index in [1.165, 1.54) is 10.5 Å². The van der Waals surface area contributed by atoms with Crippen LogP contribution in [-0.2, 0) is 15.0 Å². The maximum atomic E-state index is 11.7. The molecule has 0 spiro atoms. The molecule has 2 rings (SSSR count). The van der Waals surface area contributed by atoms with Crippen molar-refractivity contribution in [1.82, 2.24) is 5.32 Å². The van der Waals surface area contributed by atoms with Crippen molar-refractivity contribution in [2.75, 3.05) is 18.0 Å². The van der Waals surface area contributed by atoms with E-state index in [1.54, 1.807) is 0 Å². The lowest BCUT2D eigenvalue weighted by molar-refractivity contribution is -0.138. The van der Waals surface area contributed by atoms with Crippen LogP contribution in [0.1, 0.15) is 26.3 Å². The number of piperazine rings is 1. The number of nitrogens with zero attached hydrogens (tertiary/aromatic N) is 1. The highest BCUT2D eigenvalue weighted by Crippen LogP contribution is 2.25. The molecule has 4 heteroatoms. The van der Waals surface area contributed by atoms with Gasteiger partial charge in [0.2, 0.25) is 0 Å². The van der Waals surface area contributed by atoms with E-state index in [0.717, 1.165) is 5.69 Å². The summed E-state index contributed by atoms with van der Waals surface area (Å²) in [6, 6.07) is 7.82. The van der Waals surface area contributed by atoms with Crippen LogP contribution in [0.4, 0.5) is 5.69 Å². The van der Waals surface area contributed by atoms with Gasteiger partial charge in [0.15, 0.2) is 0 Å². The first-order valence-electron chi connectivity index (χ1n) is 6.10. The molecule has 4 nitrogen and oxygen atoms in total. The Balaban J connectivity index is 2.24. The van der Waals surface area contributed by atoms with Crippen LogP contribution in [0.15, 0.2) is 24.3 Å². The van der Waals surface area contributed by atoms with E-state index in [1.807, 2.05) is 24.3 Å². The highest BCUT2D eigenvalue weighted by atomic mass is 16.2. The topological polar surface area (TPSA) is 49.4 Å². The lowest BCUT2D eigenvalue weighted by Crippen LogP contribution is -2.52. The summed E-state index contributed by atoms with van der Waals surface area (Å²) in [4.78, 5) is 24.5. The number of rotatable bonds is 1. The van der Waals surface area contributed by atoms with Crippen LogP contribution >= 0.6 is 0 Å². The highest BCUT2D eigenvalue weighted by Gasteiger charge is 2.27. The number of hydrogen-bond acceptors (Lipinski definition) is 2. The van der Waals surface area contributed by atoms with Crippen molar-refractivity contribution in [3.05, 3.63) is 29.8 Å². The number of amides is 2. The molecule has 0 aromatic heterocycles. The molecule has 0 aliphatic carbocycles. The second-order valence-electron chi connectivity index (χ2n) is 5.51. The summed E-state index contributed by atoms with van der Waals surface area (Å²) in [7, 11) is 0. The van der Waals surface area contributed by atoms with Gasteiger partial charge in [0.25, 0.3) is 0 Å². The average Bonchev–Trinajstić information content (AvgIpc) is 2.32. The quantitative estimate of drug-likeness (QED) is 0.762. The van der Waals surface area contributed by atoms with Gasteiger partial charge in [-0.15, -0.1) is 0 Å². The third-order valence-electron chi connectivity index (χ3n) is 3.11. The van der Waals surface area contributed by atoms with Crippen molar-refractivity contribution in [3.8, 4) is 0 Å². The number of carbonyl (C=O) groups is 2. The molecular formula is C14H18N2O2. The van der Waals surface area contributed by atoms with Gasteiger partial charge in [-0.2, -0.15) is 0 Å². The van der Waals surface area contributed by atoms with E-state index in [4.69, 9.17) is 0 Å². The van der Waals surface area contributed by atoms with Gasteiger partial charge < -0.3 is 10.2 Å². The monoisotopic (exact) mass is 246 g/mol. The van der Waals surface area contributed by atoms with Gasteiger partial charge in [0.05, 0.1) is 0 Å². The van der Waals surface area contributed by atoms with Gasteiger partial charge in [-0.1, -0.05) is 32.9 Å². The summed E-state index contributed by atoms with van der Waals surface area (Å²) in [5, 5.41) is 2.54. The van der Waals surface area contributed by atoms with Gasteiger partial charge in [-0.25, -0.2) is 0 Å². The van der Waals surface area contributed by atoms with E-state index in [2.05, 4.69) is 26.1 Å². The van der Waals surface area contributed by atoms with E-state index in [-0.39, 0.29) is 5.41 Å². The fourth-order valence-corrected chi connectivity index (χ4v) is 1.97. The Morgan fingerprint density at radius 2 is 1.72 bits per heavy atom. The van der Waals surface area contributed by atoms with Gasteiger partial charge in [0, 0.05) is 18.8 Å². The molecular weight excluding hydrogens is 228 g/mol. The summed E-state index contributed by atoms with van der Waals surface area (Å²) >= 11 is 0. The van der Waals surface area contributed by atoms with Gasteiger partial charge in [0.1, 0.15) is 0 Å². The number of nitrogens with one attached hydrogen (secondary N) is 1. The molecule has 1 fully saturated rings. The Morgan fingerprint density at radius 1 is 1.11 bits per heavy atom. The summed E-state index contributed by atoms with van der Waals surface area (Å²) < 4.78 is 0. The van der Waals surface area contributed by atoms with E-state index in [9.17, 15) is 9.59 Å². The second-order valence-corrected chi connectivity index (χ2v) is 5.51. The molecule has 2 amide bonds.